The van der Waals surface area contributed by atoms with Crippen molar-refractivity contribution >= 4 is 34.0 Å². The van der Waals surface area contributed by atoms with Crippen LogP contribution in [-0.2, 0) is 38.6 Å². The van der Waals surface area contributed by atoms with Crippen LogP contribution in [0.1, 0.15) is 16.7 Å². The average Bonchev–Trinajstić information content (AvgIpc) is 3.81. The predicted molar refractivity (Wildman–Crippen MR) is 158 cm³/mol. The van der Waals surface area contributed by atoms with Crippen LogP contribution in [0.25, 0.3) is 31.7 Å². The van der Waals surface area contributed by atoms with Gasteiger partial charge in [-0.05, 0) is 70.7 Å². The molecule has 0 aliphatic rings. The van der Waals surface area contributed by atoms with Crippen LogP contribution in [0.3, 0.4) is 0 Å². The van der Waals surface area contributed by atoms with Crippen LogP contribution in [0, 0.1) is 0 Å². The number of nitrogens with zero attached hydrogens (tertiary/aromatic N) is 3. The number of halogens is 9. The normalized spacial score (nSPS) is 11.4. The van der Waals surface area contributed by atoms with Crippen LogP contribution in [0.15, 0.2) is 108 Å². The number of thiophene rings is 3. The molecular formula is C30H18F9IrN3S3. The quantitative estimate of drug-likeness (QED) is 0.166. The van der Waals surface area contributed by atoms with Gasteiger partial charge < -0.3 is 0 Å². The van der Waals surface area contributed by atoms with Crippen LogP contribution in [-0.4, -0.2) is 15.0 Å². The summed E-state index contributed by atoms with van der Waals surface area (Å²) in [5.41, 5.74) is -0.915. The summed E-state index contributed by atoms with van der Waals surface area (Å²) in [4.78, 5) is 13.9. The fourth-order valence-electron chi connectivity index (χ4n) is 3.50. The summed E-state index contributed by atoms with van der Waals surface area (Å²) < 4.78 is 111. The molecule has 0 bridgehead atoms. The van der Waals surface area contributed by atoms with Gasteiger partial charge in [0.15, 0.2) is 0 Å². The molecule has 3 nitrogen and oxygen atoms in total. The Labute approximate surface area is 281 Å². The van der Waals surface area contributed by atoms with E-state index < -0.39 is 35.2 Å². The van der Waals surface area contributed by atoms with Crippen molar-refractivity contribution in [3.05, 3.63) is 124 Å². The van der Waals surface area contributed by atoms with Gasteiger partial charge in [-0.1, -0.05) is 18.2 Å². The summed E-state index contributed by atoms with van der Waals surface area (Å²) in [6.07, 6.45) is -9.40. The molecule has 0 aliphatic carbocycles. The Morgan fingerprint density at radius 1 is 0.413 bits per heavy atom. The van der Waals surface area contributed by atoms with Gasteiger partial charge in [0.2, 0.25) is 0 Å². The number of hydrogen-bond donors (Lipinski definition) is 0. The molecule has 0 aliphatic heterocycles. The molecule has 6 aromatic rings. The van der Waals surface area contributed by atoms with Crippen LogP contribution >= 0.6 is 34.0 Å². The molecule has 6 rings (SSSR count). The molecular weight excluding hydrogens is 862 g/mol. The Kier molecular flexibility index (Phi) is 12.8. The first-order valence-corrected chi connectivity index (χ1v) is 15.1. The van der Waals surface area contributed by atoms with E-state index in [4.69, 9.17) is 0 Å². The summed E-state index contributed by atoms with van der Waals surface area (Å²) in [6, 6.07) is 16.7. The zero-order valence-electron chi connectivity index (χ0n) is 22.7. The minimum Gasteiger partial charge on any atom is -0.255 e. The zero-order chi connectivity index (χ0) is 32.7. The number of alkyl halides is 9. The van der Waals surface area contributed by atoms with Crippen LogP contribution in [0.5, 0.6) is 0 Å². The molecule has 16 heteroatoms. The SMILES string of the molecule is FC(F)(F)c1ccnc(-c2cccs2)c1.FC(F)(F)c1ccnc(-c2cccs2)c1.FC(F)(F)c1ccnc(-c2cccs2)c1.[Ir]. The maximum atomic E-state index is 12.4. The zero-order valence-corrected chi connectivity index (χ0v) is 27.5. The van der Waals surface area contributed by atoms with Crippen molar-refractivity contribution in [3.63, 3.8) is 0 Å². The molecule has 0 N–H and O–H groups in total. The van der Waals surface area contributed by atoms with E-state index >= 15 is 0 Å². The van der Waals surface area contributed by atoms with Gasteiger partial charge in [-0.3, -0.25) is 15.0 Å². The van der Waals surface area contributed by atoms with Gasteiger partial charge in [0.1, 0.15) is 0 Å². The van der Waals surface area contributed by atoms with Gasteiger partial charge in [-0.15, -0.1) is 34.0 Å². The summed E-state index contributed by atoms with van der Waals surface area (Å²) in [6.45, 7) is 0. The Hall–Kier alpha value is -3.43. The second-order valence-electron chi connectivity index (χ2n) is 8.71. The largest absolute Gasteiger partial charge is 0.416 e. The van der Waals surface area contributed by atoms with Crippen molar-refractivity contribution < 1.29 is 59.6 Å². The second kappa shape index (κ2) is 15.9. The second-order valence-corrected chi connectivity index (χ2v) is 11.6. The number of pyridine rings is 3. The number of hydrogen-bond acceptors (Lipinski definition) is 6. The molecule has 0 fully saturated rings. The van der Waals surface area contributed by atoms with Gasteiger partial charge in [0.25, 0.3) is 0 Å². The van der Waals surface area contributed by atoms with E-state index in [1.165, 1.54) is 52.6 Å². The maximum absolute atomic E-state index is 12.4. The molecule has 6 heterocycles. The van der Waals surface area contributed by atoms with Crippen molar-refractivity contribution in [1.29, 1.82) is 0 Å². The molecule has 0 saturated heterocycles. The fourth-order valence-corrected chi connectivity index (χ4v) is 5.58. The van der Waals surface area contributed by atoms with Gasteiger partial charge in [0, 0.05) is 38.7 Å². The topological polar surface area (TPSA) is 38.7 Å². The summed E-state index contributed by atoms with van der Waals surface area (Å²) in [7, 11) is 0. The minimum atomic E-state index is -4.31. The Bertz CT molecular complexity index is 1560. The molecule has 1 radical (unpaired) electrons. The standard InChI is InChI=1S/3C10H6F3NS.Ir/c3*11-10(12,13)7-3-4-14-8(6-7)9-2-1-5-15-9;/h3*1-6H;. The molecule has 6 aromatic heterocycles. The van der Waals surface area contributed by atoms with E-state index in [2.05, 4.69) is 15.0 Å². The van der Waals surface area contributed by atoms with E-state index in [-0.39, 0.29) is 20.1 Å². The van der Waals surface area contributed by atoms with Crippen molar-refractivity contribution in [3.8, 4) is 31.7 Å². The van der Waals surface area contributed by atoms with Crippen molar-refractivity contribution in [1.82, 2.24) is 15.0 Å². The summed E-state index contributed by atoms with van der Waals surface area (Å²) in [5.74, 6) is 0. The van der Waals surface area contributed by atoms with Crippen LogP contribution in [0.4, 0.5) is 39.5 Å². The molecule has 46 heavy (non-hydrogen) atoms. The molecule has 0 saturated carbocycles. The molecule has 0 amide bonds. The summed E-state index contributed by atoms with van der Waals surface area (Å²) >= 11 is 4.10. The Balaban J connectivity index is 0.000000186. The third-order valence-electron chi connectivity index (χ3n) is 5.58. The van der Waals surface area contributed by atoms with Crippen molar-refractivity contribution in [2.24, 2.45) is 0 Å². The van der Waals surface area contributed by atoms with Gasteiger partial charge >= 0.3 is 18.5 Å². The molecule has 0 atom stereocenters. The van der Waals surface area contributed by atoms with Crippen molar-refractivity contribution in [2.45, 2.75) is 18.5 Å². The van der Waals surface area contributed by atoms with Gasteiger partial charge in [-0.2, -0.15) is 39.5 Å². The number of rotatable bonds is 3. The van der Waals surface area contributed by atoms with Gasteiger partial charge in [0.05, 0.1) is 48.4 Å². The Morgan fingerprint density at radius 3 is 0.870 bits per heavy atom. The minimum absolute atomic E-state index is 0. The molecule has 0 aromatic carbocycles. The van der Waals surface area contributed by atoms with Gasteiger partial charge in [-0.25, -0.2) is 0 Å². The third-order valence-corrected chi connectivity index (χ3v) is 8.26. The molecule has 243 valence electrons. The first kappa shape index (κ1) is 37.0. The van der Waals surface area contributed by atoms with E-state index in [9.17, 15) is 39.5 Å². The molecule has 0 spiro atoms. The monoisotopic (exact) mass is 880 g/mol. The van der Waals surface area contributed by atoms with E-state index in [0.717, 1.165) is 51.0 Å². The first-order chi connectivity index (χ1) is 21.2. The average molecular weight is 880 g/mol. The fraction of sp³-hybridized carbons (Fsp3) is 0.100. The van der Waals surface area contributed by atoms with Crippen LogP contribution < -0.4 is 0 Å². The third kappa shape index (κ3) is 10.6. The predicted octanol–water partition coefficient (Wildman–Crippen LogP) is 11.5. The smallest absolute Gasteiger partial charge is 0.255 e. The summed E-state index contributed by atoms with van der Waals surface area (Å²) in [5, 5.41) is 5.41. The Morgan fingerprint density at radius 2 is 0.674 bits per heavy atom. The van der Waals surface area contributed by atoms with E-state index in [1.54, 1.807) is 52.5 Å². The van der Waals surface area contributed by atoms with E-state index in [1.807, 2.05) is 0 Å². The maximum Gasteiger partial charge on any atom is 0.416 e. The van der Waals surface area contributed by atoms with Crippen molar-refractivity contribution in [2.75, 3.05) is 0 Å². The van der Waals surface area contributed by atoms with Crippen LogP contribution in [0.2, 0.25) is 0 Å². The number of aromatic nitrogens is 3. The molecule has 0 unspecified atom stereocenters. The van der Waals surface area contributed by atoms with E-state index in [0.29, 0.717) is 17.1 Å². The first-order valence-electron chi connectivity index (χ1n) is 12.4.